The Labute approximate surface area is 354 Å². The van der Waals surface area contributed by atoms with Crippen LogP contribution >= 0.6 is 11.3 Å². The number of para-hydroxylation sites is 3. The molecule has 8 aromatic carbocycles. The summed E-state index contributed by atoms with van der Waals surface area (Å²) in [6.07, 6.45) is 0. The summed E-state index contributed by atoms with van der Waals surface area (Å²) in [7, 11) is 0. The van der Waals surface area contributed by atoms with Gasteiger partial charge in [-0.3, -0.25) is 0 Å². The Morgan fingerprint density at radius 3 is 2.07 bits per heavy atom. The highest BCUT2D eigenvalue weighted by atomic mass is 32.1. The summed E-state index contributed by atoms with van der Waals surface area (Å²) in [6, 6.07) is 62.2. The Kier molecular flexibility index (Phi) is 7.17. The zero-order valence-corrected chi connectivity index (χ0v) is 34.1. The third-order valence-corrected chi connectivity index (χ3v) is 13.9. The van der Waals surface area contributed by atoms with Crippen molar-refractivity contribution in [3.8, 4) is 33.8 Å². The number of nitrogens with zero attached hydrogens (tertiary/aromatic N) is 3. The molecule has 1 aliphatic rings. The second kappa shape index (κ2) is 12.7. The Morgan fingerprint density at radius 2 is 1.18 bits per heavy atom. The van der Waals surface area contributed by atoms with Crippen molar-refractivity contribution in [1.29, 1.82) is 0 Å². The van der Waals surface area contributed by atoms with Crippen LogP contribution in [0.1, 0.15) is 25.0 Å². The summed E-state index contributed by atoms with van der Waals surface area (Å²) in [5.74, 6) is 0.661. The molecule has 0 radical (unpaired) electrons. The minimum absolute atomic E-state index is 0.111. The van der Waals surface area contributed by atoms with Crippen LogP contribution in [0.2, 0.25) is 0 Å². The first kappa shape index (κ1) is 34.3. The molecule has 0 bridgehead atoms. The predicted octanol–water partition coefficient (Wildman–Crippen LogP) is 15.8. The standard InChI is InChI=1S/C55H35N3O2S/c1-55(2)43-20-9-6-15-36(43)37-28-27-35(31-44(37)55)58(33-13-4-3-5-14-33)34-25-23-32(24-26-34)54-56-49-40-17-8-11-22-47(40)61-53(49)50(57-54)42-19-12-18-41-48-46(60-51(41)42)30-29-39-38-16-7-10-21-45(38)59-52(39)48/h3-31H,1-2H3. The molecule has 4 heterocycles. The molecule has 1 aliphatic carbocycles. The van der Waals surface area contributed by atoms with Crippen LogP contribution in [-0.2, 0) is 5.41 Å². The molecule has 6 heteroatoms. The van der Waals surface area contributed by atoms with E-state index >= 15 is 0 Å². The second-order valence-electron chi connectivity index (χ2n) is 16.5. The monoisotopic (exact) mass is 801 g/mol. The van der Waals surface area contributed by atoms with Crippen LogP contribution in [0.15, 0.2) is 185 Å². The largest absolute Gasteiger partial charge is 0.455 e. The van der Waals surface area contributed by atoms with Crippen LogP contribution < -0.4 is 4.90 Å². The molecular weight excluding hydrogens is 767 g/mol. The number of hydrogen-bond acceptors (Lipinski definition) is 6. The van der Waals surface area contributed by atoms with Crippen molar-refractivity contribution in [2.75, 3.05) is 4.90 Å². The van der Waals surface area contributed by atoms with E-state index in [0.717, 1.165) is 93.4 Å². The topological polar surface area (TPSA) is 55.3 Å². The van der Waals surface area contributed by atoms with Gasteiger partial charge in [0.2, 0.25) is 0 Å². The fraction of sp³-hybridized carbons (Fsp3) is 0.0545. The molecule has 0 spiro atoms. The van der Waals surface area contributed by atoms with E-state index in [0.29, 0.717) is 5.82 Å². The lowest BCUT2D eigenvalue weighted by Gasteiger charge is -2.28. The van der Waals surface area contributed by atoms with E-state index in [9.17, 15) is 0 Å². The van der Waals surface area contributed by atoms with Gasteiger partial charge in [0.05, 0.1) is 21.3 Å². The van der Waals surface area contributed by atoms with Crippen molar-refractivity contribution in [1.82, 2.24) is 9.97 Å². The number of aromatic nitrogens is 2. The molecule has 12 aromatic rings. The van der Waals surface area contributed by atoms with Crippen LogP contribution in [0.4, 0.5) is 17.1 Å². The van der Waals surface area contributed by atoms with Crippen LogP contribution in [0.5, 0.6) is 0 Å². The minimum Gasteiger partial charge on any atom is -0.455 e. The van der Waals surface area contributed by atoms with E-state index in [1.54, 1.807) is 11.3 Å². The molecule has 0 fully saturated rings. The molecular formula is C55H35N3O2S. The van der Waals surface area contributed by atoms with Crippen LogP contribution in [0.3, 0.4) is 0 Å². The zero-order valence-electron chi connectivity index (χ0n) is 33.3. The average Bonchev–Trinajstić information content (AvgIpc) is 4.05. The van der Waals surface area contributed by atoms with Gasteiger partial charge in [-0.2, -0.15) is 0 Å². The summed E-state index contributed by atoms with van der Waals surface area (Å²) in [5.41, 5.74) is 15.4. The fourth-order valence-electron chi connectivity index (χ4n) is 9.77. The lowest BCUT2D eigenvalue weighted by molar-refractivity contribution is 0.660. The first-order chi connectivity index (χ1) is 30.0. The van der Waals surface area contributed by atoms with E-state index in [-0.39, 0.29) is 5.41 Å². The lowest BCUT2D eigenvalue weighted by Crippen LogP contribution is -2.16. The molecule has 61 heavy (non-hydrogen) atoms. The molecule has 0 N–H and O–H groups in total. The first-order valence-corrected chi connectivity index (χ1v) is 21.5. The molecule has 13 rings (SSSR count). The summed E-state index contributed by atoms with van der Waals surface area (Å²) in [4.78, 5) is 13.1. The molecule has 288 valence electrons. The Bertz CT molecular complexity index is 3750. The summed E-state index contributed by atoms with van der Waals surface area (Å²) in [5, 5.41) is 5.25. The number of benzene rings is 8. The van der Waals surface area contributed by atoms with Gasteiger partial charge in [0.15, 0.2) is 5.82 Å². The van der Waals surface area contributed by atoms with Gasteiger partial charge in [-0.05, 0) is 101 Å². The van der Waals surface area contributed by atoms with Crippen molar-refractivity contribution in [2.24, 2.45) is 0 Å². The highest BCUT2D eigenvalue weighted by Gasteiger charge is 2.36. The maximum atomic E-state index is 6.77. The van der Waals surface area contributed by atoms with Crippen molar-refractivity contribution >= 4 is 92.6 Å². The van der Waals surface area contributed by atoms with Crippen LogP contribution in [-0.4, -0.2) is 9.97 Å². The van der Waals surface area contributed by atoms with E-state index in [4.69, 9.17) is 18.8 Å². The van der Waals surface area contributed by atoms with Gasteiger partial charge >= 0.3 is 0 Å². The lowest BCUT2D eigenvalue weighted by atomic mass is 9.82. The quantitative estimate of drug-likeness (QED) is 0.173. The number of hydrogen-bond donors (Lipinski definition) is 0. The number of furan rings is 2. The van der Waals surface area contributed by atoms with E-state index in [2.05, 4.69) is 183 Å². The van der Waals surface area contributed by atoms with Crippen molar-refractivity contribution < 1.29 is 8.83 Å². The van der Waals surface area contributed by atoms with Gasteiger partial charge in [-0.1, -0.05) is 111 Å². The maximum absolute atomic E-state index is 6.77. The normalized spacial score (nSPS) is 13.2. The molecule has 0 atom stereocenters. The highest BCUT2D eigenvalue weighted by molar-refractivity contribution is 7.26. The second-order valence-corrected chi connectivity index (χ2v) is 17.5. The van der Waals surface area contributed by atoms with Gasteiger partial charge in [-0.15, -0.1) is 11.3 Å². The molecule has 0 saturated heterocycles. The van der Waals surface area contributed by atoms with Crippen LogP contribution in [0, 0.1) is 0 Å². The molecule has 5 nitrogen and oxygen atoms in total. The molecule has 0 aliphatic heterocycles. The molecule has 0 unspecified atom stereocenters. The third kappa shape index (κ3) is 5.00. The number of rotatable bonds is 5. The Hall–Kier alpha value is -7.54. The van der Waals surface area contributed by atoms with E-state index in [1.807, 2.05) is 12.1 Å². The fourth-order valence-corrected chi connectivity index (χ4v) is 10.9. The van der Waals surface area contributed by atoms with Gasteiger partial charge in [0, 0.05) is 59.8 Å². The molecule has 4 aromatic heterocycles. The van der Waals surface area contributed by atoms with Gasteiger partial charge < -0.3 is 13.7 Å². The highest BCUT2D eigenvalue weighted by Crippen LogP contribution is 2.51. The van der Waals surface area contributed by atoms with E-state index < -0.39 is 0 Å². The number of thiophene rings is 1. The molecule has 0 saturated carbocycles. The van der Waals surface area contributed by atoms with Crippen molar-refractivity contribution in [2.45, 2.75) is 19.3 Å². The third-order valence-electron chi connectivity index (χ3n) is 12.7. The minimum atomic E-state index is -0.111. The molecule has 0 amide bonds. The summed E-state index contributed by atoms with van der Waals surface area (Å²) < 4.78 is 15.5. The van der Waals surface area contributed by atoms with Gasteiger partial charge in [0.1, 0.15) is 22.3 Å². The van der Waals surface area contributed by atoms with Gasteiger partial charge in [-0.25, -0.2) is 9.97 Å². The first-order valence-electron chi connectivity index (χ1n) is 20.6. The smallest absolute Gasteiger partial charge is 0.160 e. The number of fused-ring (bicyclic) bond motifs is 13. The average molecular weight is 802 g/mol. The zero-order chi connectivity index (χ0) is 40.4. The number of anilines is 3. The SMILES string of the molecule is CC1(C)c2ccccc2-c2ccc(N(c3ccccc3)c3ccc(-c4nc(-c5cccc6c5oc5ccc7c8ccccc8oc7c56)c5sc6ccccc6c5n4)cc3)cc21. The maximum Gasteiger partial charge on any atom is 0.160 e. The Balaban J connectivity index is 0.969. The Morgan fingerprint density at radius 1 is 0.492 bits per heavy atom. The summed E-state index contributed by atoms with van der Waals surface area (Å²) >= 11 is 1.72. The van der Waals surface area contributed by atoms with Gasteiger partial charge in [0.25, 0.3) is 0 Å². The van der Waals surface area contributed by atoms with E-state index in [1.165, 1.54) is 27.0 Å². The van der Waals surface area contributed by atoms with Crippen molar-refractivity contribution in [3.63, 3.8) is 0 Å². The predicted molar refractivity (Wildman–Crippen MR) is 253 cm³/mol. The summed E-state index contributed by atoms with van der Waals surface area (Å²) in [6.45, 7) is 4.66. The van der Waals surface area contributed by atoms with Crippen LogP contribution in [0.25, 0.3) is 98.0 Å². The van der Waals surface area contributed by atoms with Crippen molar-refractivity contribution in [3.05, 3.63) is 187 Å².